The molecule has 0 amide bonds. The third kappa shape index (κ3) is 416. The molecule has 0 aliphatic heterocycles. The van der Waals surface area contributed by atoms with Crippen molar-refractivity contribution in [3.63, 3.8) is 0 Å². The van der Waals surface area contributed by atoms with Crippen molar-refractivity contribution in [3.8, 4) is 24.3 Å². The number of rotatable bonds is 0. The number of nitrogens with zero attached hydrogens (tertiary/aromatic N) is 4. The van der Waals surface area contributed by atoms with E-state index in [0.29, 0.717) is 0 Å². The van der Waals surface area contributed by atoms with Gasteiger partial charge in [-0.15, -0.1) is 0 Å². The molecule has 74 valence electrons. The van der Waals surface area contributed by atoms with Gasteiger partial charge in [-0.2, -0.15) is 21.0 Å². The second-order valence-electron chi connectivity index (χ2n) is 0.894. The molecule has 0 N–H and O–H groups in total. The van der Waals surface area contributed by atoms with Gasteiger partial charge in [0.05, 0.1) is 24.3 Å². The van der Waals surface area contributed by atoms with Crippen molar-refractivity contribution in [2.45, 2.75) is 27.7 Å². The predicted molar refractivity (Wildman–Crippen MR) is 45.1 cm³/mol. The first-order valence-electron chi connectivity index (χ1n) is 2.89. The molecule has 5 heteroatoms. The van der Waals surface area contributed by atoms with Gasteiger partial charge in [0.15, 0.2) is 0 Å². The number of nitriles is 4. The predicted octanol–water partition coefficient (Wildman–Crippen LogP) is 2.12. The van der Waals surface area contributed by atoms with Crippen LogP contribution in [0.3, 0.4) is 0 Å². The molecule has 0 bridgehead atoms. The van der Waals surface area contributed by atoms with Crippen LogP contribution in [0, 0.1) is 45.3 Å². The van der Waals surface area contributed by atoms with Crippen LogP contribution in [0.5, 0.6) is 0 Å². The van der Waals surface area contributed by atoms with E-state index in [-0.39, 0.29) is 20.4 Å². The van der Waals surface area contributed by atoms with E-state index in [4.69, 9.17) is 21.0 Å². The first kappa shape index (κ1) is 29.9. The monoisotopic (exact) mass is 270 g/mol. The van der Waals surface area contributed by atoms with E-state index < -0.39 is 0 Å². The molecular weight excluding hydrogens is 259 g/mol. The third-order valence-corrected chi connectivity index (χ3v) is 0. The smallest absolute Gasteiger partial charge is 0.0587 e. The van der Waals surface area contributed by atoms with E-state index in [1.807, 2.05) is 0 Å². The van der Waals surface area contributed by atoms with Crippen LogP contribution >= 0.6 is 0 Å². The van der Waals surface area contributed by atoms with E-state index in [1.165, 1.54) is 27.7 Å². The molecule has 0 aliphatic carbocycles. The zero-order valence-electron chi connectivity index (χ0n) is 8.11. The molecular formula is C8H12N4Pd. The topological polar surface area (TPSA) is 95.2 Å². The van der Waals surface area contributed by atoms with Crippen molar-refractivity contribution in [2.75, 3.05) is 0 Å². The van der Waals surface area contributed by atoms with E-state index in [9.17, 15) is 0 Å². The van der Waals surface area contributed by atoms with Gasteiger partial charge in [0.25, 0.3) is 0 Å². The van der Waals surface area contributed by atoms with E-state index in [1.54, 1.807) is 24.3 Å². The Morgan fingerprint density at radius 2 is 0.538 bits per heavy atom. The van der Waals surface area contributed by atoms with Gasteiger partial charge in [0.1, 0.15) is 0 Å². The summed E-state index contributed by atoms with van der Waals surface area (Å²) in [4.78, 5) is 0. The Kier molecular flexibility index (Phi) is 329. The van der Waals surface area contributed by atoms with Crippen molar-refractivity contribution in [3.05, 3.63) is 0 Å². The van der Waals surface area contributed by atoms with Crippen LogP contribution in [0.4, 0.5) is 0 Å². The van der Waals surface area contributed by atoms with Crippen LogP contribution in [0.25, 0.3) is 0 Å². The average molecular weight is 271 g/mol. The average Bonchev–Trinajstić information content (AvgIpc) is 1.92. The first-order chi connectivity index (χ1) is 5.66. The summed E-state index contributed by atoms with van der Waals surface area (Å²) in [6.45, 7) is 5.72. The Labute approximate surface area is 93.7 Å². The molecule has 0 fully saturated rings. The quantitative estimate of drug-likeness (QED) is 0.630. The molecule has 0 heterocycles. The molecule has 0 aromatic heterocycles. The Balaban J connectivity index is -0.0000000213. The van der Waals surface area contributed by atoms with E-state index in [0.717, 1.165) is 0 Å². The van der Waals surface area contributed by atoms with Gasteiger partial charge in [-0.25, -0.2) is 0 Å². The maximum atomic E-state index is 7.32. The fourth-order valence-electron chi connectivity index (χ4n) is 0. The maximum Gasteiger partial charge on any atom is 0.0587 e. The number of hydrogen-bond donors (Lipinski definition) is 0. The molecule has 0 saturated heterocycles. The van der Waals surface area contributed by atoms with Gasteiger partial charge >= 0.3 is 0 Å². The summed E-state index contributed by atoms with van der Waals surface area (Å²) >= 11 is 0. The molecule has 0 aromatic carbocycles. The molecule has 4 nitrogen and oxygen atoms in total. The van der Waals surface area contributed by atoms with Crippen LogP contribution < -0.4 is 0 Å². The van der Waals surface area contributed by atoms with Crippen LogP contribution in [-0.2, 0) is 20.4 Å². The van der Waals surface area contributed by atoms with Gasteiger partial charge in [-0.05, 0) is 0 Å². The Morgan fingerprint density at radius 3 is 0.538 bits per heavy atom. The molecule has 0 aliphatic rings. The largest absolute Gasteiger partial charge is 0.199 e. The van der Waals surface area contributed by atoms with Crippen LogP contribution in [0.15, 0.2) is 0 Å². The fraction of sp³-hybridized carbons (Fsp3) is 0.500. The van der Waals surface area contributed by atoms with Crippen molar-refractivity contribution in [1.82, 2.24) is 0 Å². The Bertz CT molecular complexity index is 150. The molecule has 0 radical (unpaired) electrons. The maximum absolute atomic E-state index is 7.32. The zero-order valence-corrected chi connectivity index (χ0v) is 9.66. The van der Waals surface area contributed by atoms with Gasteiger partial charge < -0.3 is 0 Å². The summed E-state index contributed by atoms with van der Waals surface area (Å²) in [5.74, 6) is 0. The summed E-state index contributed by atoms with van der Waals surface area (Å²) in [7, 11) is 0. The summed E-state index contributed by atoms with van der Waals surface area (Å²) in [6.07, 6.45) is 0. The minimum Gasteiger partial charge on any atom is -0.199 e. The minimum atomic E-state index is 0. The third-order valence-electron chi connectivity index (χ3n) is 0. The van der Waals surface area contributed by atoms with Crippen molar-refractivity contribution in [1.29, 1.82) is 21.0 Å². The SMILES string of the molecule is CC#N.CC#N.CC#N.CC#N.[Pd]. The summed E-state index contributed by atoms with van der Waals surface area (Å²) in [6, 6.07) is 7.00. The normalized spacial score (nSPS) is 2.46. The van der Waals surface area contributed by atoms with Gasteiger partial charge in [-0.1, -0.05) is 0 Å². The summed E-state index contributed by atoms with van der Waals surface area (Å²) < 4.78 is 0. The minimum absolute atomic E-state index is 0. The molecule has 0 rings (SSSR count). The van der Waals surface area contributed by atoms with E-state index >= 15 is 0 Å². The standard InChI is InChI=1S/4C2H3N.Pd/c4*1-2-3;/h4*1H3;. The molecule has 13 heavy (non-hydrogen) atoms. The second kappa shape index (κ2) is 143. The first-order valence-corrected chi connectivity index (χ1v) is 2.89. The van der Waals surface area contributed by atoms with Crippen molar-refractivity contribution >= 4 is 0 Å². The van der Waals surface area contributed by atoms with Crippen LogP contribution in [0.2, 0.25) is 0 Å². The summed E-state index contributed by atoms with van der Waals surface area (Å²) in [5.41, 5.74) is 0. The van der Waals surface area contributed by atoms with Crippen LogP contribution in [0.1, 0.15) is 27.7 Å². The number of hydrogen-bond acceptors (Lipinski definition) is 4. The molecule has 0 spiro atoms. The summed E-state index contributed by atoms with van der Waals surface area (Å²) in [5, 5.41) is 29.3. The van der Waals surface area contributed by atoms with Crippen molar-refractivity contribution in [2.24, 2.45) is 0 Å². The van der Waals surface area contributed by atoms with E-state index in [2.05, 4.69) is 0 Å². The molecule has 0 atom stereocenters. The van der Waals surface area contributed by atoms with Gasteiger partial charge in [-0.3, -0.25) is 0 Å². The zero-order chi connectivity index (χ0) is 10.8. The molecule has 0 aromatic rings. The second-order valence-corrected chi connectivity index (χ2v) is 0.894. The molecule has 0 saturated carbocycles. The van der Waals surface area contributed by atoms with Crippen molar-refractivity contribution < 1.29 is 20.4 Å². The molecule has 0 unspecified atom stereocenters. The Morgan fingerprint density at radius 1 is 0.538 bits per heavy atom. The Hall–Kier alpha value is -1.38. The van der Waals surface area contributed by atoms with Gasteiger partial charge in [0, 0.05) is 48.1 Å². The fourth-order valence-corrected chi connectivity index (χ4v) is 0. The van der Waals surface area contributed by atoms with Crippen LogP contribution in [-0.4, -0.2) is 0 Å². The van der Waals surface area contributed by atoms with Gasteiger partial charge in [0.2, 0.25) is 0 Å².